The van der Waals surface area contributed by atoms with Crippen molar-refractivity contribution in [2.75, 3.05) is 0 Å². The van der Waals surface area contributed by atoms with Crippen LogP contribution in [-0.2, 0) is 4.79 Å². The summed E-state index contributed by atoms with van der Waals surface area (Å²) in [6, 6.07) is 12.3. The zero-order valence-corrected chi connectivity index (χ0v) is 12.3. The van der Waals surface area contributed by atoms with Gasteiger partial charge in [-0.3, -0.25) is 9.78 Å². The molecule has 21 heavy (non-hydrogen) atoms. The number of nitrogens with one attached hydrogen (secondary N) is 1. The van der Waals surface area contributed by atoms with E-state index in [1.165, 1.54) is 12.8 Å². The fourth-order valence-electron chi connectivity index (χ4n) is 2.47. The lowest BCUT2D eigenvalue weighted by Gasteiger charge is -2.15. The number of rotatable bonds is 5. The number of carbonyl (C=O) groups is 1. The Morgan fingerprint density at radius 2 is 2.00 bits per heavy atom. The van der Waals surface area contributed by atoms with Gasteiger partial charge in [-0.1, -0.05) is 30.3 Å². The first kappa shape index (κ1) is 13.8. The highest BCUT2D eigenvalue weighted by molar-refractivity contribution is 5.77. The normalized spacial score (nSPS) is 15.5. The van der Waals surface area contributed by atoms with Crippen LogP contribution in [0.2, 0.25) is 0 Å². The van der Waals surface area contributed by atoms with E-state index < -0.39 is 0 Å². The van der Waals surface area contributed by atoms with Crippen LogP contribution >= 0.6 is 0 Å². The third-order valence-corrected chi connectivity index (χ3v) is 3.95. The molecule has 0 unspecified atom stereocenters. The van der Waals surface area contributed by atoms with Crippen LogP contribution in [0, 0.1) is 5.92 Å². The van der Waals surface area contributed by atoms with Crippen molar-refractivity contribution in [3.05, 3.63) is 54.4 Å². The predicted molar refractivity (Wildman–Crippen MR) is 83.6 cm³/mol. The van der Waals surface area contributed by atoms with Gasteiger partial charge in [0.05, 0.1) is 6.04 Å². The molecule has 0 saturated heterocycles. The number of carbonyl (C=O) groups excluding carboxylic acids is 1. The van der Waals surface area contributed by atoms with Gasteiger partial charge < -0.3 is 5.32 Å². The van der Waals surface area contributed by atoms with Gasteiger partial charge >= 0.3 is 0 Å². The molecule has 1 N–H and O–H groups in total. The molecular weight excluding hydrogens is 260 g/mol. The average Bonchev–Trinajstić information content (AvgIpc) is 3.32. The number of nitrogens with zero attached hydrogens (tertiary/aromatic N) is 1. The van der Waals surface area contributed by atoms with Crippen molar-refractivity contribution < 1.29 is 4.79 Å². The molecule has 1 heterocycles. The molecule has 0 radical (unpaired) electrons. The quantitative estimate of drug-likeness (QED) is 0.906. The molecule has 1 saturated carbocycles. The molecule has 1 amide bonds. The van der Waals surface area contributed by atoms with E-state index in [1.54, 1.807) is 6.20 Å². The lowest BCUT2D eigenvalue weighted by Crippen LogP contribution is -2.26. The maximum Gasteiger partial charge on any atom is 0.220 e. The number of pyridine rings is 1. The van der Waals surface area contributed by atoms with Crippen molar-refractivity contribution in [2.24, 2.45) is 5.92 Å². The second-order valence-corrected chi connectivity index (χ2v) is 5.80. The minimum atomic E-state index is 0.0548. The summed E-state index contributed by atoms with van der Waals surface area (Å²) in [7, 11) is 0. The van der Waals surface area contributed by atoms with Crippen LogP contribution in [-0.4, -0.2) is 10.9 Å². The summed E-state index contributed by atoms with van der Waals surface area (Å²) >= 11 is 0. The highest BCUT2D eigenvalue weighted by Gasteiger charge is 2.24. The minimum absolute atomic E-state index is 0.0548. The maximum atomic E-state index is 11.8. The Labute approximate surface area is 125 Å². The Hall–Kier alpha value is -2.16. The number of aromatic nitrogens is 1. The number of hydrogen-bond donors (Lipinski definition) is 1. The van der Waals surface area contributed by atoms with E-state index in [0.717, 1.165) is 16.7 Å². The molecule has 1 aromatic heterocycles. The van der Waals surface area contributed by atoms with E-state index in [1.807, 2.05) is 25.3 Å². The molecule has 0 bridgehead atoms. The minimum Gasteiger partial charge on any atom is -0.350 e. The summed E-state index contributed by atoms with van der Waals surface area (Å²) < 4.78 is 0. The average molecular weight is 280 g/mol. The van der Waals surface area contributed by atoms with Gasteiger partial charge in [0.1, 0.15) is 0 Å². The lowest BCUT2D eigenvalue weighted by molar-refractivity contribution is -0.122. The molecule has 2 aromatic rings. The Morgan fingerprint density at radius 3 is 2.62 bits per heavy atom. The highest BCUT2D eigenvalue weighted by Crippen LogP contribution is 2.32. The monoisotopic (exact) mass is 280 g/mol. The van der Waals surface area contributed by atoms with E-state index in [4.69, 9.17) is 0 Å². The molecule has 1 aliphatic rings. The van der Waals surface area contributed by atoms with Crippen molar-refractivity contribution in [3.8, 4) is 11.1 Å². The van der Waals surface area contributed by atoms with Crippen molar-refractivity contribution >= 4 is 5.91 Å². The van der Waals surface area contributed by atoms with Gasteiger partial charge in [0, 0.05) is 18.8 Å². The molecule has 1 fully saturated rings. The van der Waals surface area contributed by atoms with Crippen LogP contribution in [0.5, 0.6) is 0 Å². The SMILES string of the molecule is C[C@@H](NC(=O)CC1CC1)c1ccc(-c2cccnc2)cc1. The van der Waals surface area contributed by atoms with Crippen LogP contribution in [0.3, 0.4) is 0 Å². The smallest absolute Gasteiger partial charge is 0.220 e. The van der Waals surface area contributed by atoms with Crippen molar-refractivity contribution in [3.63, 3.8) is 0 Å². The van der Waals surface area contributed by atoms with Gasteiger partial charge in [-0.25, -0.2) is 0 Å². The van der Waals surface area contributed by atoms with Gasteiger partial charge in [0.15, 0.2) is 0 Å². The maximum absolute atomic E-state index is 11.8. The van der Waals surface area contributed by atoms with Crippen LogP contribution in [0.15, 0.2) is 48.8 Å². The Morgan fingerprint density at radius 1 is 1.24 bits per heavy atom. The van der Waals surface area contributed by atoms with Crippen LogP contribution in [0.25, 0.3) is 11.1 Å². The van der Waals surface area contributed by atoms with E-state index in [2.05, 4.69) is 34.6 Å². The third-order valence-electron chi connectivity index (χ3n) is 3.95. The van der Waals surface area contributed by atoms with Crippen LogP contribution < -0.4 is 5.32 Å². The first-order valence-electron chi connectivity index (χ1n) is 7.52. The van der Waals surface area contributed by atoms with E-state index >= 15 is 0 Å². The molecule has 0 aliphatic heterocycles. The largest absolute Gasteiger partial charge is 0.350 e. The van der Waals surface area contributed by atoms with Crippen LogP contribution in [0.1, 0.15) is 37.8 Å². The molecule has 108 valence electrons. The second kappa shape index (κ2) is 6.08. The van der Waals surface area contributed by atoms with Crippen molar-refractivity contribution in [1.29, 1.82) is 0 Å². The summed E-state index contributed by atoms with van der Waals surface area (Å²) in [5.74, 6) is 0.798. The van der Waals surface area contributed by atoms with Gasteiger partial charge in [-0.2, -0.15) is 0 Å². The fourth-order valence-corrected chi connectivity index (χ4v) is 2.47. The van der Waals surface area contributed by atoms with Crippen molar-refractivity contribution in [2.45, 2.75) is 32.2 Å². The van der Waals surface area contributed by atoms with Crippen LogP contribution in [0.4, 0.5) is 0 Å². The molecule has 1 aliphatic carbocycles. The number of hydrogen-bond acceptors (Lipinski definition) is 2. The molecule has 3 rings (SSSR count). The zero-order chi connectivity index (χ0) is 14.7. The molecule has 3 nitrogen and oxygen atoms in total. The first-order valence-corrected chi connectivity index (χ1v) is 7.52. The fraction of sp³-hybridized carbons (Fsp3) is 0.333. The number of amides is 1. The first-order chi connectivity index (χ1) is 10.2. The van der Waals surface area contributed by atoms with Gasteiger partial charge in [0.2, 0.25) is 5.91 Å². The van der Waals surface area contributed by atoms with Crippen molar-refractivity contribution in [1.82, 2.24) is 10.3 Å². The summed E-state index contributed by atoms with van der Waals surface area (Å²) in [4.78, 5) is 16.0. The summed E-state index contributed by atoms with van der Waals surface area (Å²) in [6.45, 7) is 2.03. The van der Waals surface area contributed by atoms with E-state index in [9.17, 15) is 4.79 Å². The Balaban J connectivity index is 1.64. The predicted octanol–water partition coefficient (Wildman–Crippen LogP) is 3.73. The Bertz CT molecular complexity index is 603. The second-order valence-electron chi connectivity index (χ2n) is 5.80. The van der Waals surface area contributed by atoms with Gasteiger partial charge in [-0.05, 0) is 48.4 Å². The summed E-state index contributed by atoms with van der Waals surface area (Å²) in [5, 5.41) is 3.08. The lowest BCUT2D eigenvalue weighted by atomic mass is 10.0. The molecular formula is C18H20N2O. The molecule has 1 aromatic carbocycles. The summed E-state index contributed by atoms with van der Waals surface area (Å²) in [6.07, 6.45) is 6.73. The summed E-state index contributed by atoms with van der Waals surface area (Å²) in [5.41, 5.74) is 3.38. The zero-order valence-electron chi connectivity index (χ0n) is 12.3. The van der Waals surface area contributed by atoms with E-state index in [0.29, 0.717) is 12.3 Å². The topological polar surface area (TPSA) is 42.0 Å². The molecule has 3 heteroatoms. The van der Waals surface area contributed by atoms with Gasteiger partial charge in [-0.15, -0.1) is 0 Å². The third kappa shape index (κ3) is 3.69. The Kier molecular flexibility index (Phi) is 4.00. The standard InChI is InChI=1S/C18H20N2O/c1-13(20-18(21)11-14-4-5-14)15-6-8-16(9-7-15)17-3-2-10-19-12-17/h2-3,6-10,12-14H,4-5,11H2,1H3,(H,20,21)/t13-/m1/s1. The highest BCUT2D eigenvalue weighted by atomic mass is 16.1. The van der Waals surface area contributed by atoms with E-state index in [-0.39, 0.29) is 11.9 Å². The molecule has 1 atom stereocenters. The molecule has 0 spiro atoms. The number of benzene rings is 1. The van der Waals surface area contributed by atoms with Gasteiger partial charge in [0.25, 0.3) is 0 Å².